The minimum absolute atomic E-state index is 0.971. The first-order valence-electron chi connectivity index (χ1n) is 4.68. The van der Waals surface area contributed by atoms with Gasteiger partial charge in [-0.2, -0.15) is 0 Å². The fourth-order valence-corrected chi connectivity index (χ4v) is 4.46. The SMILES string of the molecule is II(I)OCCCN1CCCCC1. The molecule has 0 unspecified atom stereocenters. The van der Waals surface area contributed by atoms with E-state index in [-0.39, 0.29) is 0 Å². The molecular formula is C8H16I3NO. The fraction of sp³-hybridized carbons (Fsp3) is 1.00. The van der Waals surface area contributed by atoms with E-state index in [0.29, 0.717) is 0 Å². The molecule has 0 aromatic carbocycles. The normalized spacial score (nSPS) is 20.3. The molecule has 1 aliphatic heterocycles. The van der Waals surface area contributed by atoms with Crippen molar-refractivity contribution in [3.63, 3.8) is 0 Å². The van der Waals surface area contributed by atoms with E-state index in [4.69, 9.17) is 3.07 Å². The number of hydrogen-bond donors (Lipinski definition) is 0. The molecule has 0 bridgehead atoms. The molecule has 80 valence electrons. The minimum atomic E-state index is -0.971. The number of nitrogens with zero attached hydrogens (tertiary/aromatic N) is 1. The van der Waals surface area contributed by atoms with Crippen LogP contribution in [0.15, 0.2) is 0 Å². The summed E-state index contributed by atoms with van der Waals surface area (Å²) in [6, 6.07) is 0. The second kappa shape index (κ2) is 8.28. The maximum absolute atomic E-state index is 5.64. The van der Waals surface area contributed by atoms with E-state index in [0.717, 1.165) is 6.61 Å². The van der Waals surface area contributed by atoms with Crippen molar-refractivity contribution in [1.29, 1.82) is 0 Å². The van der Waals surface area contributed by atoms with E-state index < -0.39 is 12.3 Å². The molecule has 13 heavy (non-hydrogen) atoms. The molecule has 1 heterocycles. The van der Waals surface area contributed by atoms with Crippen LogP contribution in [-0.2, 0) is 3.07 Å². The third kappa shape index (κ3) is 7.07. The first-order valence-corrected chi connectivity index (χ1v) is 18.1. The quantitative estimate of drug-likeness (QED) is 0.400. The van der Waals surface area contributed by atoms with Gasteiger partial charge in [-0.05, 0) is 0 Å². The third-order valence-corrected chi connectivity index (χ3v) is 6.30. The average Bonchev–Trinajstić information content (AvgIpc) is 2.14. The summed E-state index contributed by atoms with van der Waals surface area (Å²) in [6.45, 7) is 4.86. The van der Waals surface area contributed by atoms with Crippen molar-refractivity contribution in [1.82, 2.24) is 4.90 Å². The predicted molar refractivity (Wildman–Crippen MR) is 82.9 cm³/mol. The molecule has 0 N–H and O–H groups in total. The summed E-state index contributed by atoms with van der Waals surface area (Å²) in [5.74, 6) is 0. The summed E-state index contributed by atoms with van der Waals surface area (Å²) in [6.07, 6.45) is 5.46. The van der Waals surface area contributed by atoms with Gasteiger partial charge in [-0.15, -0.1) is 0 Å². The molecule has 0 spiro atoms. The van der Waals surface area contributed by atoms with Crippen molar-refractivity contribution in [2.45, 2.75) is 25.7 Å². The van der Waals surface area contributed by atoms with Gasteiger partial charge in [0.2, 0.25) is 0 Å². The Bertz CT molecular complexity index is 129. The second-order valence-electron chi connectivity index (χ2n) is 3.24. The van der Waals surface area contributed by atoms with Crippen LogP contribution in [-0.4, -0.2) is 31.1 Å². The molecule has 0 aromatic heterocycles. The van der Waals surface area contributed by atoms with Crippen molar-refractivity contribution >= 4 is 49.5 Å². The molecule has 0 aromatic rings. The van der Waals surface area contributed by atoms with Gasteiger partial charge in [-0.25, -0.2) is 0 Å². The summed E-state index contributed by atoms with van der Waals surface area (Å²) in [7, 11) is 0. The molecule has 1 aliphatic rings. The first kappa shape index (κ1) is 13.2. The topological polar surface area (TPSA) is 12.5 Å². The van der Waals surface area contributed by atoms with Gasteiger partial charge in [0.15, 0.2) is 0 Å². The molecule has 1 saturated heterocycles. The molecule has 0 radical (unpaired) electrons. The van der Waals surface area contributed by atoms with E-state index in [9.17, 15) is 0 Å². The summed E-state index contributed by atoms with van der Waals surface area (Å²) in [5, 5.41) is 0. The van der Waals surface area contributed by atoms with Gasteiger partial charge in [0.05, 0.1) is 0 Å². The van der Waals surface area contributed by atoms with Gasteiger partial charge in [-0.3, -0.25) is 0 Å². The summed E-state index contributed by atoms with van der Waals surface area (Å²) < 4.78 is 5.64. The van der Waals surface area contributed by atoms with E-state index in [1.54, 1.807) is 0 Å². The van der Waals surface area contributed by atoms with E-state index >= 15 is 0 Å². The van der Waals surface area contributed by atoms with Crippen molar-refractivity contribution in [3.05, 3.63) is 0 Å². The van der Waals surface area contributed by atoms with Gasteiger partial charge in [0.1, 0.15) is 0 Å². The third-order valence-electron chi connectivity index (χ3n) is 2.23. The molecule has 1 rings (SSSR count). The molecule has 0 saturated carbocycles. The Morgan fingerprint density at radius 3 is 2.46 bits per heavy atom. The van der Waals surface area contributed by atoms with E-state index in [1.807, 2.05) is 0 Å². The van der Waals surface area contributed by atoms with Crippen LogP contribution in [0.2, 0.25) is 0 Å². The molecule has 0 aliphatic carbocycles. The average molecular weight is 523 g/mol. The van der Waals surface area contributed by atoms with Gasteiger partial charge >= 0.3 is 109 Å². The number of halogens is 3. The zero-order valence-corrected chi connectivity index (χ0v) is 14.1. The molecular weight excluding hydrogens is 507 g/mol. The number of piperidine rings is 1. The second-order valence-corrected chi connectivity index (χ2v) is 25.2. The van der Waals surface area contributed by atoms with Crippen LogP contribution < -0.4 is 0 Å². The Morgan fingerprint density at radius 1 is 1.15 bits per heavy atom. The van der Waals surface area contributed by atoms with Crippen molar-refractivity contribution in [2.24, 2.45) is 0 Å². The summed E-state index contributed by atoms with van der Waals surface area (Å²) >= 11 is 3.92. The Morgan fingerprint density at radius 2 is 1.85 bits per heavy atom. The molecule has 0 atom stereocenters. The zero-order chi connectivity index (χ0) is 9.52. The van der Waals surface area contributed by atoms with E-state index in [1.165, 1.54) is 45.3 Å². The summed E-state index contributed by atoms with van der Waals surface area (Å²) in [4.78, 5) is 2.58. The summed E-state index contributed by atoms with van der Waals surface area (Å²) in [5.41, 5.74) is 0. The Kier molecular flexibility index (Phi) is 8.40. The van der Waals surface area contributed by atoms with Crippen molar-refractivity contribution < 1.29 is 3.07 Å². The van der Waals surface area contributed by atoms with Gasteiger partial charge < -0.3 is 0 Å². The van der Waals surface area contributed by atoms with Gasteiger partial charge in [-0.1, -0.05) is 0 Å². The Labute approximate surface area is 108 Å². The van der Waals surface area contributed by atoms with Crippen LogP contribution >= 0.6 is 49.5 Å². The molecule has 5 heteroatoms. The van der Waals surface area contributed by atoms with Crippen LogP contribution in [0.1, 0.15) is 25.7 Å². The van der Waals surface area contributed by atoms with E-state index in [2.05, 4.69) is 42.1 Å². The predicted octanol–water partition coefficient (Wildman–Crippen LogP) is 4.00. The van der Waals surface area contributed by atoms with Crippen LogP contribution in [0.5, 0.6) is 0 Å². The van der Waals surface area contributed by atoms with Crippen molar-refractivity contribution in [3.8, 4) is 0 Å². The first-order chi connectivity index (χ1) is 6.29. The van der Waals surface area contributed by atoms with Gasteiger partial charge in [0.25, 0.3) is 0 Å². The Hall–Kier alpha value is 2.11. The number of rotatable bonds is 5. The zero-order valence-electron chi connectivity index (χ0n) is 7.65. The van der Waals surface area contributed by atoms with Gasteiger partial charge in [0, 0.05) is 0 Å². The Balaban J connectivity index is 1.92. The maximum atomic E-state index is 5.64. The monoisotopic (exact) mass is 523 g/mol. The standard InChI is InChI=1S/C8H16I3NO/c9-11(10)13-8-4-7-12-5-2-1-3-6-12/h1-8H2. The number of hydrogen-bond acceptors (Lipinski definition) is 2. The van der Waals surface area contributed by atoms with Crippen LogP contribution in [0.25, 0.3) is 0 Å². The molecule has 0 amide bonds. The van der Waals surface area contributed by atoms with Crippen LogP contribution in [0.4, 0.5) is 0 Å². The van der Waals surface area contributed by atoms with Crippen LogP contribution in [0, 0.1) is 0 Å². The molecule has 2 nitrogen and oxygen atoms in total. The van der Waals surface area contributed by atoms with Crippen molar-refractivity contribution in [2.75, 3.05) is 26.2 Å². The van der Waals surface area contributed by atoms with Crippen LogP contribution in [0.3, 0.4) is 0 Å². The number of likely N-dealkylation sites (tertiary alicyclic amines) is 1. The molecule has 1 fully saturated rings. The fourth-order valence-electron chi connectivity index (χ4n) is 1.58.